The second-order valence-corrected chi connectivity index (χ2v) is 3.00. The van der Waals surface area contributed by atoms with Gasteiger partial charge in [0.25, 0.3) is 11.1 Å². The van der Waals surface area contributed by atoms with Gasteiger partial charge in [0.15, 0.2) is 0 Å². The van der Waals surface area contributed by atoms with E-state index in [1.807, 2.05) is 0 Å². The van der Waals surface area contributed by atoms with Crippen LogP contribution in [0.25, 0.3) is 10.9 Å². The number of hydrogen-bond donors (Lipinski definition) is 1. The molecule has 0 aliphatic rings. The standard InChI is InChI=1S/C9H7N3O3/c1-5(13)12-9(15)6-3-2-4-10-7(6)8(14)11-12/h2-4H,1H3,(H,11,14). The van der Waals surface area contributed by atoms with E-state index in [1.54, 1.807) is 0 Å². The van der Waals surface area contributed by atoms with Gasteiger partial charge in [0.1, 0.15) is 5.52 Å². The molecule has 0 unspecified atom stereocenters. The zero-order valence-electron chi connectivity index (χ0n) is 7.85. The quantitative estimate of drug-likeness (QED) is 0.642. The van der Waals surface area contributed by atoms with Gasteiger partial charge in [-0.05, 0) is 12.1 Å². The maximum atomic E-state index is 11.7. The van der Waals surface area contributed by atoms with Crippen LogP contribution in [0.2, 0.25) is 0 Å². The Balaban J connectivity index is 3.04. The molecule has 0 saturated heterocycles. The predicted octanol–water partition coefficient (Wildman–Crippen LogP) is -0.255. The Morgan fingerprint density at radius 1 is 1.47 bits per heavy atom. The Labute approximate surface area is 83.2 Å². The third-order valence-corrected chi connectivity index (χ3v) is 1.98. The normalized spacial score (nSPS) is 10.5. The minimum absolute atomic E-state index is 0.0417. The van der Waals surface area contributed by atoms with E-state index in [0.29, 0.717) is 4.68 Å². The summed E-state index contributed by atoms with van der Waals surface area (Å²) >= 11 is 0. The SMILES string of the molecule is CC(=O)n1[nH]c(=O)c2ncccc2c1=O. The summed E-state index contributed by atoms with van der Waals surface area (Å²) in [7, 11) is 0. The molecule has 76 valence electrons. The number of carbonyl (C=O) groups is 1. The van der Waals surface area contributed by atoms with Gasteiger partial charge in [-0.2, -0.15) is 4.68 Å². The second kappa shape index (κ2) is 3.16. The van der Waals surface area contributed by atoms with Crippen LogP contribution >= 0.6 is 0 Å². The number of carbonyl (C=O) groups excluding carboxylic acids is 1. The number of nitrogens with zero attached hydrogens (tertiary/aromatic N) is 2. The van der Waals surface area contributed by atoms with Crippen LogP contribution in [0, 0.1) is 0 Å². The fraction of sp³-hybridized carbons (Fsp3) is 0.111. The van der Waals surface area contributed by atoms with Crippen molar-refractivity contribution < 1.29 is 4.79 Å². The lowest BCUT2D eigenvalue weighted by molar-refractivity contribution is 0.0915. The van der Waals surface area contributed by atoms with Crippen molar-refractivity contribution in [2.24, 2.45) is 0 Å². The smallest absolute Gasteiger partial charge is 0.273 e. The number of fused-ring (bicyclic) bond motifs is 1. The number of rotatable bonds is 0. The summed E-state index contributed by atoms with van der Waals surface area (Å²) in [4.78, 5) is 37.9. The highest BCUT2D eigenvalue weighted by molar-refractivity contribution is 5.81. The number of hydrogen-bond acceptors (Lipinski definition) is 4. The first kappa shape index (κ1) is 9.32. The van der Waals surface area contributed by atoms with Crippen LogP contribution in [-0.4, -0.2) is 20.7 Å². The van der Waals surface area contributed by atoms with E-state index in [9.17, 15) is 14.4 Å². The average molecular weight is 205 g/mol. The van der Waals surface area contributed by atoms with E-state index in [1.165, 1.54) is 25.3 Å². The molecule has 6 nitrogen and oxygen atoms in total. The molecule has 0 amide bonds. The molecule has 15 heavy (non-hydrogen) atoms. The summed E-state index contributed by atoms with van der Waals surface area (Å²) < 4.78 is 0.673. The molecule has 1 N–H and O–H groups in total. The minimum Gasteiger partial charge on any atom is -0.273 e. The first-order valence-corrected chi connectivity index (χ1v) is 4.22. The molecular weight excluding hydrogens is 198 g/mol. The van der Waals surface area contributed by atoms with Crippen LogP contribution in [0.3, 0.4) is 0 Å². The number of H-pyrrole nitrogens is 1. The first-order valence-electron chi connectivity index (χ1n) is 4.22. The molecule has 2 aromatic heterocycles. The second-order valence-electron chi connectivity index (χ2n) is 3.00. The zero-order chi connectivity index (χ0) is 11.0. The van der Waals surface area contributed by atoms with Gasteiger partial charge in [0.2, 0.25) is 5.91 Å². The molecular formula is C9H7N3O3. The Morgan fingerprint density at radius 3 is 2.87 bits per heavy atom. The third-order valence-electron chi connectivity index (χ3n) is 1.98. The van der Waals surface area contributed by atoms with Crippen molar-refractivity contribution in [2.75, 3.05) is 0 Å². The summed E-state index contributed by atoms with van der Waals surface area (Å²) in [5.74, 6) is -0.539. The van der Waals surface area contributed by atoms with Crippen LogP contribution < -0.4 is 11.1 Å². The van der Waals surface area contributed by atoms with Crippen LogP contribution in [0.5, 0.6) is 0 Å². The van der Waals surface area contributed by atoms with Crippen molar-refractivity contribution in [3.8, 4) is 0 Å². The highest BCUT2D eigenvalue weighted by atomic mass is 16.2. The van der Waals surface area contributed by atoms with Gasteiger partial charge in [-0.25, -0.2) is 0 Å². The van der Waals surface area contributed by atoms with Crippen molar-refractivity contribution in [3.63, 3.8) is 0 Å². The van der Waals surface area contributed by atoms with Crippen LogP contribution in [0.1, 0.15) is 11.7 Å². The van der Waals surface area contributed by atoms with Crippen molar-refractivity contribution in [3.05, 3.63) is 39.0 Å². The van der Waals surface area contributed by atoms with E-state index in [4.69, 9.17) is 0 Å². The van der Waals surface area contributed by atoms with Gasteiger partial charge >= 0.3 is 0 Å². The van der Waals surface area contributed by atoms with Crippen molar-refractivity contribution >= 4 is 16.8 Å². The van der Waals surface area contributed by atoms with Crippen LogP contribution in [0.4, 0.5) is 0 Å². The van der Waals surface area contributed by atoms with Crippen LogP contribution in [0.15, 0.2) is 27.9 Å². The summed E-state index contributed by atoms with van der Waals surface area (Å²) in [6, 6.07) is 2.99. The van der Waals surface area contributed by atoms with Gasteiger partial charge in [0.05, 0.1) is 5.39 Å². The lowest BCUT2D eigenvalue weighted by Gasteiger charge is -2.00. The molecule has 0 bridgehead atoms. The summed E-state index contributed by atoms with van der Waals surface area (Å²) in [6.07, 6.45) is 1.41. The monoisotopic (exact) mass is 205 g/mol. The highest BCUT2D eigenvalue weighted by Crippen LogP contribution is 1.97. The predicted molar refractivity (Wildman–Crippen MR) is 52.9 cm³/mol. The third kappa shape index (κ3) is 1.35. The molecule has 0 aliphatic heterocycles. The van der Waals surface area contributed by atoms with E-state index >= 15 is 0 Å². The van der Waals surface area contributed by atoms with Gasteiger partial charge in [0, 0.05) is 13.1 Å². The molecule has 0 atom stereocenters. The number of aromatic amines is 1. The van der Waals surface area contributed by atoms with E-state index in [2.05, 4.69) is 10.1 Å². The maximum Gasteiger partial charge on any atom is 0.289 e. The first-order chi connectivity index (χ1) is 7.11. The van der Waals surface area contributed by atoms with Gasteiger partial charge in [-0.15, -0.1) is 0 Å². The number of nitrogens with one attached hydrogen (secondary N) is 1. The largest absolute Gasteiger partial charge is 0.289 e. The molecule has 6 heteroatoms. The minimum atomic E-state index is -0.565. The molecule has 0 aliphatic carbocycles. The zero-order valence-corrected chi connectivity index (χ0v) is 7.85. The molecule has 0 fully saturated rings. The van der Waals surface area contributed by atoms with Gasteiger partial charge < -0.3 is 0 Å². The van der Waals surface area contributed by atoms with E-state index in [0.717, 1.165) is 0 Å². The van der Waals surface area contributed by atoms with Gasteiger partial charge in [-0.1, -0.05) is 0 Å². The van der Waals surface area contributed by atoms with Gasteiger partial charge in [-0.3, -0.25) is 24.5 Å². The summed E-state index contributed by atoms with van der Waals surface area (Å²) in [5.41, 5.74) is -1.08. The molecule has 0 aromatic carbocycles. The Morgan fingerprint density at radius 2 is 2.20 bits per heavy atom. The fourth-order valence-electron chi connectivity index (χ4n) is 1.31. The molecule has 2 heterocycles. The maximum absolute atomic E-state index is 11.7. The molecule has 0 radical (unpaired) electrons. The summed E-state index contributed by atoms with van der Waals surface area (Å²) in [5, 5.41) is 2.29. The average Bonchev–Trinajstić information content (AvgIpc) is 2.23. The Hall–Kier alpha value is -2.24. The summed E-state index contributed by atoms with van der Waals surface area (Å²) in [6.45, 7) is 1.19. The number of pyridine rings is 1. The number of aromatic nitrogens is 3. The highest BCUT2D eigenvalue weighted by Gasteiger charge is 2.09. The van der Waals surface area contributed by atoms with E-state index < -0.39 is 17.0 Å². The lowest BCUT2D eigenvalue weighted by Crippen LogP contribution is -2.33. The molecule has 2 rings (SSSR count). The molecule has 0 spiro atoms. The van der Waals surface area contributed by atoms with Crippen molar-refractivity contribution in [1.29, 1.82) is 0 Å². The Bertz CT molecular complexity index is 653. The topological polar surface area (TPSA) is 84.8 Å². The van der Waals surface area contributed by atoms with Crippen molar-refractivity contribution in [1.82, 2.24) is 14.8 Å². The lowest BCUT2D eigenvalue weighted by atomic mass is 10.3. The van der Waals surface area contributed by atoms with Crippen LogP contribution in [-0.2, 0) is 0 Å². The fourth-order valence-corrected chi connectivity index (χ4v) is 1.31. The molecule has 0 saturated carbocycles. The van der Waals surface area contributed by atoms with Crippen molar-refractivity contribution in [2.45, 2.75) is 6.92 Å². The Kier molecular flexibility index (Phi) is 1.96. The van der Waals surface area contributed by atoms with E-state index in [-0.39, 0.29) is 10.9 Å². The molecule has 2 aromatic rings.